The molecular weight excluding hydrogens is 166 g/mol. The molecule has 0 unspecified atom stereocenters. The first-order chi connectivity index (χ1) is 5.90. The molecule has 0 spiro atoms. The third-order valence-electron chi connectivity index (χ3n) is 1.63. The van der Waals surface area contributed by atoms with Crippen molar-refractivity contribution in [2.45, 2.75) is 34.1 Å². The van der Waals surface area contributed by atoms with Gasteiger partial charge in [-0.2, -0.15) is 4.68 Å². The molecule has 0 amide bonds. The van der Waals surface area contributed by atoms with Crippen LogP contribution in [0.15, 0.2) is 6.20 Å². The molecule has 0 fully saturated rings. The number of hydrogen-bond acceptors (Lipinski definition) is 3. The fourth-order valence-electron chi connectivity index (χ4n) is 1.19. The van der Waals surface area contributed by atoms with Gasteiger partial charge >= 0.3 is 0 Å². The quantitative estimate of drug-likeness (QED) is 0.660. The van der Waals surface area contributed by atoms with Crippen molar-refractivity contribution in [1.82, 2.24) is 15.0 Å². The molecule has 4 heteroatoms. The molecule has 0 atom stereocenters. The number of rotatable bonds is 1. The summed E-state index contributed by atoms with van der Waals surface area (Å²) < 4.78 is 1.35. The number of hydrogen-bond donors (Lipinski definition) is 0. The summed E-state index contributed by atoms with van der Waals surface area (Å²) in [6, 6.07) is 0. The van der Waals surface area contributed by atoms with E-state index in [1.165, 1.54) is 11.6 Å². The maximum atomic E-state index is 11.1. The summed E-state index contributed by atoms with van der Waals surface area (Å²) in [5.41, 5.74) is 1.02. The minimum absolute atomic E-state index is 0.0863. The Kier molecular flexibility index (Phi) is 2.50. The summed E-state index contributed by atoms with van der Waals surface area (Å²) in [4.78, 5) is 11.1. The Hall–Kier alpha value is -1.19. The Balaban J connectivity index is 2.89. The van der Waals surface area contributed by atoms with Crippen molar-refractivity contribution in [1.29, 1.82) is 0 Å². The molecule has 0 N–H and O–H groups in total. The molecule has 0 aromatic carbocycles. The van der Waals surface area contributed by atoms with Gasteiger partial charge in [-0.05, 0) is 11.8 Å². The second-order valence-electron chi connectivity index (χ2n) is 4.39. The second-order valence-corrected chi connectivity index (χ2v) is 4.39. The van der Waals surface area contributed by atoms with Gasteiger partial charge in [-0.1, -0.05) is 26.0 Å². The molecule has 0 aliphatic rings. The highest BCUT2D eigenvalue weighted by Gasteiger charge is 2.16. The maximum Gasteiger partial charge on any atom is 0.245 e. The van der Waals surface area contributed by atoms with Gasteiger partial charge in [-0.25, -0.2) is 0 Å². The van der Waals surface area contributed by atoms with Gasteiger partial charge in [0.25, 0.3) is 0 Å². The van der Waals surface area contributed by atoms with Crippen molar-refractivity contribution < 1.29 is 4.79 Å². The largest absolute Gasteiger partial charge is 0.273 e. The molecule has 13 heavy (non-hydrogen) atoms. The van der Waals surface area contributed by atoms with Crippen LogP contribution in [0.2, 0.25) is 0 Å². The highest BCUT2D eigenvalue weighted by atomic mass is 16.2. The van der Waals surface area contributed by atoms with E-state index in [9.17, 15) is 4.79 Å². The molecule has 0 radical (unpaired) electrons. The van der Waals surface area contributed by atoms with Crippen molar-refractivity contribution in [2.75, 3.05) is 0 Å². The average Bonchev–Trinajstić information content (AvgIpc) is 2.31. The van der Waals surface area contributed by atoms with Crippen LogP contribution < -0.4 is 0 Å². The lowest BCUT2D eigenvalue weighted by molar-refractivity contribution is 0.0913. The molecule has 1 rings (SSSR count). The van der Waals surface area contributed by atoms with Crippen LogP contribution in [0.3, 0.4) is 0 Å². The predicted octanol–water partition coefficient (Wildman–Crippen LogP) is 1.53. The van der Waals surface area contributed by atoms with Crippen LogP contribution in [0.1, 0.15) is 38.2 Å². The highest BCUT2D eigenvalue weighted by Crippen LogP contribution is 2.19. The van der Waals surface area contributed by atoms with Gasteiger partial charge in [0.2, 0.25) is 5.91 Å². The van der Waals surface area contributed by atoms with Crippen molar-refractivity contribution in [3.8, 4) is 0 Å². The van der Waals surface area contributed by atoms with E-state index in [1.54, 1.807) is 6.20 Å². The van der Waals surface area contributed by atoms with E-state index in [-0.39, 0.29) is 11.3 Å². The van der Waals surface area contributed by atoms with E-state index in [0.717, 1.165) is 12.1 Å². The lowest BCUT2D eigenvalue weighted by atomic mass is 9.91. The molecule has 1 heterocycles. The zero-order chi connectivity index (χ0) is 10.1. The summed E-state index contributed by atoms with van der Waals surface area (Å²) in [6.07, 6.45) is 2.45. The van der Waals surface area contributed by atoms with Crippen molar-refractivity contribution in [3.63, 3.8) is 0 Å². The number of carbonyl (C=O) groups is 1. The van der Waals surface area contributed by atoms with Crippen LogP contribution in [-0.4, -0.2) is 20.9 Å². The van der Waals surface area contributed by atoms with Gasteiger partial charge < -0.3 is 0 Å². The normalized spacial score (nSPS) is 11.7. The molecule has 72 valence electrons. The fraction of sp³-hybridized carbons (Fsp3) is 0.667. The second kappa shape index (κ2) is 3.28. The van der Waals surface area contributed by atoms with Crippen molar-refractivity contribution in [2.24, 2.45) is 5.41 Å². The number of aromatic nitrogens is 3. The molecule has 1 aromatic heterocycles. The summed E-state index contributed by atoms with van der Waals surface area (Å²) in [5, 5.41) is 7.44. The van der Waals surface area contributed by atoms with E-state index >= 15 is 0 Å². The molecule has 4 nitrogen and oxygen atoms in total. The van der Waals surface area contributed by atoms with Gasteiger partial charge in [-0.15, -0.1) is 5.10 Å². The number of carbonyl (C=O) groups excluding carboxylic acids is 1. The monoisotopic (exact) mass is 181 g/mol. The van der Waals surface area contributed by atoms with Crippen LogP contribution in [0.5, 0.6) is 0 Å². The highest BCUT2D eigenvalue weighted by molar-refractivity contribution is 5.75. The smallest absolute Gasteiger partial charge is 0.245 e. The van der Waals surface area contributed by atoms with Crippen LogP contribution in [-0.2, 0) is 6.42 Å². The van der Waals surface area contributed by atoms with E-state index in [4.69, 9.17) is 0 Å². The fourth-order valence-corrected chi connectivity index (χ4v) is 1.19. The zero-order valence-corrected chi connectivity index (χ0v) is 8.53. The van der Waals surface area contributed by atoms with Crippen LogP contribution in [0.25, 0.3) is 0 Å². The van der Waals surface area contributed by atoms with Gasteiger partial charge in [0.05, 0.1) is 11.9 Å². The third-order valence-corrected chi connectivity index (χ3v) is 1.63. The Morgan fingerprint density at radius 3 is 2.62 bits per heavy atom. The SMILES string of the molecule is CC(=O)n1nncc1CC(C)(C)C. The predicted molar refractivity (Wildman–Crippen MR) is 49.5 cm³/mol. The molecule has 1 aromatic rings. The van der Waals surface area contributed by atoms with E-state index < -0.39 is 0 Å². The Morgan fingerprint density at radius 1 is 1.54 bits per heavy atom. The van der Waals surface area contributed by atoms with Gasteiger partial charge in [0.15, 0.2) is 0 Å². The summed E-state index contributed by atoms with van der Waals surface area (Å²) >= 11 is 0. The van der Waals surface area contributed by atoms with Crippen molar-refractivity contribution in [3.05, 3.63) is 11.9 Å². The third kappa shape index (κ3) is 2.65. The molecule has 0 aliphatic heterocycles. The lowest BCUT2D eigenvalue weighted by Crippen LogP contribution is -2.17. The van der Waals surface area contributed by atoms with Gasteiger partial charge in [-0.3, -0.25) is 4.79 Å². The number of nitrogens with zero attached hydrogens (tertiary/aromatic N) is 3. The summed E-state index contributed by atoms with van der Waals surface area (Å²) in [6.45, 7) is 7.83. The summed E-state index contributed by atoms with van der Waals surface area (Å²) in [7, 11) is 0. The Bertz CT molecular complexity index is 309. The lowest BCUT2D eigenvalue weighted by Gasteiger charge is -2.17. The first-order valence-corrected chi connectivity index (χ1v) is 4.31. The topological polar surface area (TPSA) is 47.8 Å². The molecular formula is C9H15N3O. The molecule has 0 saturated heterocycles. The van der Waals surface area contributed by atoms with Gasteiger partial charge in [0, 0.05) is 6.92 Å². The Morgan fingerprint density at radius 2 is 2.15 bits per heavy atom. The first kappa shape index (κ1) is 9.89. The molecule has 0 bridgehead atoms. The minimum Gasteiger partial charge on any atom is -0.273 e. The molecule has 0 saturated carbocycles. The standard InChI is InChI=1S/C9H15N3O/c1-7(13)12-8(6-10-11-12)5-9(2,3)4/h6H,5H2,1-4H3. The minimum atomic E-state index is -0.0863. The van der Waals surface area contributed by atoms with E-state index in [0.29, 0.717) is 0 Å². The van der Waals surface area contributed by atoms with E-state index in [2.05, 4.69) is 31.1 Å². The van der Waals surface area contributed by atoms with Crippen molar-refractivity contribution >= 4 is 5.91 Å². The van der Waals surface area contributed by atoms with E-state index in [1.807, 2.05) is 0 Å². The Labute approximate surface area is 77.9 Å². The molecule has 0 aliphatic carbocycles. The first-order valence-electron chi connectivity index (χ1n) is 4.31. The summed E-state index contributed by atoms with van der Waals surface area (Å²) in [5.74, 6) is -0.0863. The average molecular weight is 181 g/mol. The maximum absolute atomic E-state index is 11.1. The van der Waals surface area contributed by atoms with Gasteiger partial charge in [0.1, 0.15) is 0 Å². The zero-order valence-electron chi connectivity index (χ0n) is 8.53. The van der Waals surface area contributed by atoms with Crippen LogP contribution in [0, 0.1) is 5.41 Å². The van der Waals surface area contributed by atoms with Crippen LogP contribution >= 0.6 is 0 Å². The van der Waals surface area contributed by atoms with Crippen LogP contribution in [0.4, 0.5) is 0 Å².